The highest BCUT2D eigenvalue weighted by molar-refractivity contribution is 5.96. The summed E-state index contributed by atoms with van der Waals surface area (Å²) >= 11 is 0. The van der Waals surface area contributed by atoms with Gasteiger partial charge in [-0.25, -0.2) is 0 Å². The van der Waals surface area contributed by atoms with Crippen molar-refractivity contribution in [3.63, 3.8) is 0 Å². The molecule has 0 radical (unpaired) electrons. The lowest BCUT2D eigenvalue weighted by Crippen LogP contribution is -2.30. The minimum atomic E-state index is -0.684. The van der Waals surface area contributed by atoms with Crippen LogP contribution in [-0.2, 0) is 4.79 Å². The Labute approximate surface area is 130 Å². The fourth-order valence-corrected chi connectivity index (χ4v) is 1.96. The number of nitrogens with two attached hydrogens (primary N) is 1. The van der Waals surface area contributed by atoms with Crippen molar-refractivity contribution in [2.24, 2.45) is 0 Å². The number of benzene rings is 2. The first kappa shape index (κ1) is 15.7. The maximum absolute atomic E-state index is 12.2. The molecule has 0 aliphatic carbocycles. The van der Waals surface area contributed by atoms with Crippen LogP contribution in [0.15, 0.2) is 42.5 Å². The van der Waals surface area contributed by atoms with Gasteiger partial charge in [0.2, 0.25) is 0 Å². The summed E-state index contributed by atoms with van der Waals surface area (Å²) < 4.78 is 11.0. The third-order valence-corrected chi connectivity index (χ3v) is 3.21. The molecule has 0 saturated heterocycles. The second-order valence-corrected chi connectivity index (χ2v) is 4.99. The zero-order valence-corrected chi connectivity index (χ0v) is 12.9. The van der Waals surface area contributed by atoms with Crippen LogP contribution >= 0.6 is 0 Å². The smallest absolute Gasteiger partial charge is 0.265 e. The zero-order chi connectivity index (χ0) is 16.1. The van der Waals surface area contributed by atoms with Crippen LogP contribution in [0.3, 0.4) is 0 Å². The van der Waals surface area contributed by atoms with Crippen LogP contribution < -0.4 is 20.5 Å². The Kier molecular flexibility index (Phi) is 4.88. The summed E-state index contributed by atoms with van der Waals surface area (Å²) in [5.41, 5.74) is 7.94. The van der Waals surface area contributed by atoms with Crippen LogP contribution in [-0.4, -0.2) is 19.1 Å². The number of amides is 1. The second kappa shape index (κ2) is 6.85. The molecular weight excluding hydrogens is 280 g/mol. The van der Waals surface area contributed by atoms with Gasteiger partial charge in [0.1, 0.15) is 0 Å². The molecule has 22 heavy (non-hydrogen) atoms. The number of nitrogens with one attached hydrogen (secondary N) is 1. The number of para-hydroxylation sites is 2. The molecular formula is C17H20N2O3. The molecule has 1 amide bonds. The molecule has 1 unspecified atom stereocenters. The van der Waals surface area contributed by atoms with Crippen molar-refractivity contribution in [1.29, 1.82) is 0 Å². The summed E-state index contributed by atoms with van der Waals surface area (Å²) in [6.07, 6.45) is -0.684. The van der Waals surface area contributed by atoms with Gasteiger partial charge < -0.3 is 20.5 Å². The summed E-state index contributed by atoms with van der Waals surface area (Å²) in [4.78, 5) is 12.2. The SMILES string of the molecule is COc1cc(C)ccc1OC(C)C(=O)Nc1ccccc1N. The summed E-state index contributed by atoms with van der Waals surface area (Å²) in [5.74, 6) is 0.844. The van der Waals surface area contributed by atoms with Crippen molar-refractivity contribution in [3.8, 4) is 11.5 Å². The highest BCUT2D eigenvalue weighted by Crippen LogP contribution is 2.29. The van der Waals surface area contributed by atoms with Crippen molar-refractivity contribution in [3.05, 3.63) is 48.0 Å². The number of carbonyl (C=O) groups excluding carboxylic acids is 1. The largest absolute Gasteiger partial charge is 0.493 e. The van der Waals surface area contributed by atoms with E-state index < -0.39 is 6.10 Å². The number of anilines is 2. The van der Waals surface area contributed by atoms with E-state index in [0.717, 1.165) is 5.56 Å². The molecule has 0 heterocycles. The van der Waals surface area contributed by atoms with E-state index in [-0.39, 0.29) is 5.91 Å². The maximum Gasteiger partial charge on any atom is 0.265 e. The van der Waals surface area contributed by atoms with E-state index in [2.05, 4.69) is 5.32 Å². The zero-order valence-electron chi connectivity index (χ0n) is 12.9. The van der Waals surface area contributed by atoms with E-state index in [1.54, 1.807) is 38.3 Å². The van der Waals surface area contributed by atoms with Crippen LogP contribution in [0.5, 0.6) is 11.5 Å². The predicted molar refractivity (Wildman–Crippen MR) is 87.3 cm³/mol. The lowest BCUT2D eigenvalue weighted by Gasteiger charge is -2.17. The number of aryl methyl sites for hydroxylation is 1. The molecule has 5 nitrogen and oxygen atoms in total. The number of methoxy groups -OCH3 is 1. The summed E-state index contributed by atoms with van der Waals surface area (Å²) in [5, 5.41) is 2.75. The Bertz CT molecular complexity index is 671. The van der Waals surface area contributed by atoms with Crippen molar-refractivity contribution >= 4 is 17.3 Å². The molecule has 0 spiro atoms. The van der Waals surface area contributed by atoms with E-state index in [1.165, 1.54) is 0 Å². The summed E-state index contributed by atoms with van der Waals surface area (Å²) in [6.45, 7) is 3.63. The van der Waals surface area contributed by atoms with Gasteiger partial charge in [-0.05, 0) is 43.7 Å². The molecule has 1 atom stereocenters. The highest BCUT2D eigenvalue weighted by atomic mass is 16.5. The number of ether oxygens (including phenoxy) is 2. The van der Waals surface area contributed by atoms with Gasteiger partial charge in [0.15, 0.2) is 17.6 Å². The van der Waals surface area contributed by atoms with E-state index in [0.29, 0.717) is 22.9 Å². The Morgan fingerprint density at radius 1 is 1.18 bits per heavy atom. The molecule has 0 aliphatic rings. The fraction of sp³-hybridized carbons (Fsp3) is 0.235. The van der Waals surface area contributed by atoms with Gasteiger partial charge in [-0.15, -0.1) is 0 Å². The minimum Gasteiger partial charge on any atom is -0.493 e. The fourth-order valence-electron chi connectivity index (χ4n) is 1.96. The summed E-state index contributed by atoms with van der Waals surface area (Å²) in [6, 6.07) is 12.6. The number of hydrogen-bond acceptors (Lipinski definition) is 4. The Balaban J connectivity index is 2.07. The predicted octanol–water partition coefficient (Wildman–Crippen LogP) is 2.99. The van der Waals surface area contributed by atoms with Crippen molar-refractivity contribution in [2.75, 3.05) is 18.2 Å². The van der Waals surface area contributed by atoms with Crippen LogP contribution in [0.4, 0.5) is 11.4 Å². The first-order valence-electron chi connectivity index (χ1n) is 6.98. The van der Waals surface area contributed by atoms with Crippen molar-refractivity contribution in [2.45, 2.75) is 20.0 Å². The Morgan fingerprint density at radius 3 is 2.59 bits per heavy atom. The van der Waals surface area contributed by atoms with Crippen molar-refractivity contribution < 1.29 is 14.3 Å². The highest BCUT2D eigenvalue weighted by Gasteiger charge is 2.17. The third-order valence-electron chi connectivity index (χ3n) is 3.21. The number of hydrogen-bond donors (Lipinski definition) is 2. The lowest BCUT2D eigenvalue weighted by molar-refractivity contribution is -0.122. The van der Waals surface area contributed by atoms with Crippen molar-refractivity contribution in [1.82, 2.24) is 0 Å². The minimum absolute atomic E-state index is 0.277. The van der Waals surface area contributed by atoms with E-state index in [1.807, 2.05) is 25.1 Å². The van der Waals surface area contributed by atoms with Gasteiger partial charge in [0.25, 0.3) is 5.91 Å². The topological polar surface area (TPSA) is 73.6 Å². The average Bonchev–Trinajstić information content (AvgIpc) is 2.51. The first-order valence-corrected chi connectivity index (χ1v) is 6.98. The first-order chi connectivity index (χ1) is 10.5. The maximum atomic E-state index is 12.2. The lowest BCUT2D eigenvalue weighted by atomic mass is 10.2. The van der Waals surface area contributed by atoms with Gasteiger partial charge >= 0.3 is 0 Å². The van der Waals surface area contributed by atoms with Crippen LogP contribution in [0.1, 0.15) is 12.5 Å². The van der Waals surface area contributed by atoms with E-state index in [4.69, 9.17) is 15.2 Å². The number of rotatable bonds is 5. The molecule has 0 bridgehead atoms. The molecule has 0 fully saturated rings. The molecule has 2 rings (SSSR count). The van der Waals surface area contributed by atoms with E-state index in [9.17, 15) is 4.79 Å². The normalized spacial score (nSPS) is 11.6. The Morgan fingerprint density at radius 2 is 1.91 bits per heavy atom. The average molecular weight is 300 g/mol. The molecule has 2 aromatic rings. The monoisotopic (exact) mass is 300 g/mol. The third kappa shape index (κ3) is 3.69. The van der Waals surface area contributed by atoms with Crippen LogP contribution in [0.25, 0.3) is 0 Å². The molecule has 0 aromatic heterocycles. The molecule has 5 heteroatoms. The molecule has 0 saturated carbocycles. The number of carbonyl (C=O) groups is 1. The van der Waals surface area contributed by atoms with Crippen LogP contribution in [0, 0.1) is 6.92 Å². The summed E-state index contributed by atoms with van der Waals surface area (Å²) in [7, 11) is 1.57. The van der Waals surface area contributed by atoms with Gasteiger partial charge in [0.05, 0.1) is 18.5 Å². The van der Waals surface area contributed by atoms with Gasteiger partial charge in [-0.1, -0.05) is 18.2 Å². The van der Waals surface area contributed by atoms with Gasteiger partial charge in [-0.2, -0.15) is 0 Å². The van der Waals surface area contributed by atoms with Gasteiger partial charge in [0, 0.05) is 0 Å². The van der Waals surface area contributed by atoms with E-state index >= 15 is 0 Å². The number of nitrogen functional groups attached to an aromatic ring is 1. The molecule has 0 aliphatic heterocycles. The Hall–Kier alpha value is -2.69. The molecule has 3 N–H and O–H groups in total. The molecule has 2 aromatic carbocycles. The van der Waals surface area contributed by atoms with Crippen LogP contribution in [0.2, 0.25) is 0 Å². The quantitative estimate of drug-likeness (QED) is 0.833. The standard InChI is InChI=1S/C17H20N2O3/c1-11-8-9-15(16(10-11)21-3)22-12(2)17(20)19-14-7-5-4-6-13(14)18/h4-10,12H,18H2,1-3H3,(H,19,20). The molecule has 116 valence electrons. The van der Waals surface area contributed by atoms with Gasteiger partial charge in [-0.3, -0.25) is 4.79 Å². The second-order valence-electron chi connectivity index (χ2n) is 4.99.